The van der Waals surface area contributed by atoms with Gasteiger partial charge in [-0.1, -0.05) is 113 Å². The first-order valence-electron chi connectivity index (χ1n) is 14.5. The minimum absolute atomic E-state index is 0.236. The summed E-state index contributed by atoms with van der Waals surface area (Å²) in [7, 11) is -4.31. The Balaban J connectivity index is 4.13. The molecule has 0 aromatic heterocycles. The third kappa shape index (κ3) is 25.7. The van der Waals surface area contributed by atoms with Gasteiger partial charge >= 0.3 is 0 Å². The number of nitrogens with one attached hydrogen (secondary N) is 1. The molecule has 7 heteroatoms. The molecule has 1 amide bonds. The molecule has 0 fully saturated rings. The van der Waals surface area contributed by atoms with Gasteiger partial charge in [0, 0.05) is 6.42 Å². The van der Waals surface area contributed by atoms with E-state index in [0.29, 0.717) is 12.8 Å². The highest BCUT2D eigenvalue weighted by molar-refractivity contribution is 7.85. The summed E-state index contributed by atoms with van der Waals surface area (Å²) < 4.78 is 32.0. The zero-order chi connectivity index (χ0) is 28.3. The number of hydrogen-bond acceptors (Lipinski definition) is 4. The van der Waals surface area contributed by atoms with Gasteiger partial charge in [-0.25, -0.2) is 0 Å². The van der Waals surface area contributed by atoms with E-state index in [2.05, 4.69) is 73.8 Å². The van der Waals surface area contributed by atoms with Crippen molar-refractivity contribution in [3.63, 3.8) is 0 Å². The van der Waals surface area contributed by atoms with Crippen molar-refractivity contribution in [2.75, 3.05) is 5.75 Å². The monoisotopic (exact) mass is 551 g/mol. The van der Waals surface area contributed by atoms with Gasteiger partial charge in [0.05, 0.1) is 17.9 Å². The molecule has 0 spiro atoms. The van der Waals surface area contributed by atoms with Crippen LogP contribution in [0.4, 0.5) is 0 Å². The highest BCUT2D eigenvalue weighted by Crippen LogP contribution is 2.12. The van der Waals surface area contributed by atoms with Crippen LogP contribution in [0.3, 0.4) is 0 Å². The Morgan fingerprint density at radius 2 is 1.24 bits per heavy atom. The van der Waals surface area contributed by atoms with Gasteiger partial charge in [-0.15, -0.1) is 0 Å². The number of carbonyl (C=O) groups is 1. The summed E-state index contributed by atoms with van der Waals surface area (Å²) in [5.41, 5.74) is 0. The van der Waals surface area contributed by atoms with Gasteiger partial charge in [0.25, 0.3) is 10.1 Å². The Labute approximate surface area is 232 Å². The van der Waals surface area contributed by atoms with Crippen molar-refractivity contribution >= 4 is 16.0 Å². The Hall–Kier alpha value is -1.96. The van der Waals surface area contributed by atoms with Gasteiger partial charge in [0.15, 0.2) is 0 Å². The van der Waals surface area contributed by atoms with Crippen molar-refractivity contribution in [2.24, 2.45) is 0 Å². The Morgan fingerprint density at radius 3 is 1.76 bits per heavy atom. The predicted octanol–water partition coefficient (Wildman–Crippen LogP) is 7.39. The SMILES string of the molecule is CC/C=C\C/C=C\C/C=C\C/C=C\C/C=C\CCCC(=O)NC(CS(=O)(=O)O)C(O)CCCCCCCC. The molecule has 6 nitrogen and oxygen atoms in total. The van der Waals surface area contributed by atoms with E-state index in [9.17, 15) is 22.9 Å². The largest absolute Gasteiger partial charge is 0.391 e. The summed E-state index contributed by atoms with van der Waals surface area (Å²) in [4.78, 5) is 12.3. The number of rotatable bonds is 24. The van der Waals surface area contributed by atoms with Gasteiger partial charge in [-0.05, 0) is 51.4 Å². The number of carbonyl (C=O) groups excluding carboxylic acids is 1. The molecule has 0 radical (unpaired) electrons. The van der Waals surface area contributed by atoms with Gasteiger partial charge in [-0.2, -0.15) is 8.42 Å². The van der Waals surface area contributed by atoms with E-state index >= 15 is 0 Å². The van der Waals surface area contributed by atoms with Crippen molar-refractivity contribution in [1.29, 1.82) is 0 Å². The highest BCUT2D eigenvalue weighted by Gasteiger charge is 2.25. The van der Waals surface area contributed by atoms with Gasteiger partial charge in [0.1, 0.15) is 0 Å². The summed E-state index contributed by atoms with van der Waals surface area (Å²) in [5, 5.41) is 13.0. The molecule has 2 unspecified atom stereocenters. The molecular formula is C31H53NO5S. The molecule has 38 heavy (non-hydrogen) atoms. The van der Waals surface area contributed by atoms with Crippen LogP contribution in [0.1, 0.15) is 110 Å². The van der Waals surface area contributed by atoms with E-state index in [4.69, 9.17) is 0 Å². The fraction of sp³-hybridized carbons (Fsp3) is 0.645. The minimum atomic E-state index is -4.31. The molecule has 0 saturated carbocycles. The van der Waals surface area contributed by atoms with Crippen molar-refractivity contribution < 1.29 is 22.9 Å². The van der Waals surface area contributed by atoms with E-state index in [-0.39, 0.29) is 12.3 Å². The number of aliphatic hydroxyl groups is 1. The fourth-order valence-electron chi connectivity index (χ4n) is 3.84. The second-order valence-electron chi connectivity index (χ2n) is 9.65. The van der Waals surface area contributed by atoms with E-state index in [0.717, 1.165) is 70.6 Å². The van der Waals surface area contributed by atoms with Crippen LogP contribution in [0.15, 0.2) is 60.8 Å². The van der Waals surface area contributed by atoms with Gasteiger partial charge in [-0.3, -0.25) is 9.35 Å². The normalized spacial score (nSPS) is 14.5. The molecule has 0 rings (SSSR count). The summed E-state index contributed by atoms with van der Waals surface area (Å²) in [6.45, 7) is 4.28. The fourth-order valence-corrected chi connectivity index (χ4v) is 4.60. The lowest BCUT2D eigenvalue weighted by atomic mass is 10.0. The summed E-state index contributed by atoms with van der Waals surface area (Å²) in [6, 6.07) is -0.998. The number of aliphatic hydroxyl groups excluding tert-OH is 1. The Kier molecular flexibility index (Phi) is 24.0. The molecule has 0 saturated heterocycles. The van der Waals surface area contributed by atoms with Crippen LogP contribution in [-0.2, 0) is 14.9 Å². The Bertz CT molecular complexity index is 827. The van der Waals surface area contributed by atoms with Crippen molar-refractivity contribution in [3.8, 4) is 0 Å². The number of unbranched alkanes of at least 4 members (excludes halogenated alkanes) is 6. The van der Waals surface area contributed by atoms with Gasteiger partial charge < -0.3 is 10.4 Å². The van der Waals surface area contributed by atoms with E-state index < -0.39 is 28.0 Å². The molecule has 0 heterocycles. The average Bonchev–Trinajstić information content (AvgIpc) is 2.86. The summed E-state index contributed by atoms with van der Waals surface area (Å²) in [5.74, 6) is -0.988. The summed E-state index contributed by atoms with van der Waals surface area (Å²) >= 11 is 0. The first kappa shape index (κ1) is 36.0. The molecule has 0 bridgehead atoms. The van der Waals surface area contributed by atoms with Crippen LogP contribution in [0.25, 0.3) is 0 Å². The topological polar surface area (TPSA) is 104 Å². The van der Waals surface area contributed by atoms with Crippen molar-refractivity contribution in [1.82, 2.24) is 5.32 Å². The molecule has 0 aromatic rings. The molecule has 3 N–H and O–H groups in total. The van der Waals surface area contributed by atoms with Crippen LogP contribution < -0.4 is 5.32 Å². The zero-order valence-corrected chi connectivity index (χ0v) is 24.6. The minimum Gasteiger partial charge on any atom is -0.391 e. The summed E-state index contributed by atoms with van der Waals surface area (Å²) in [6.07, 6.45) is 33.4. The maximum atomic E-state index is 12.3. The number of hydrogen-bond donors (Lipinski definition) is 3. The maximum absolute atomic E-state index is 12.3. The van der Waals surface area contributed by atoms with E-state index in [1.807, 2.05) is 6.08 Å². The van der Waals surface area contributed by atoms with E-state index in [1.54, 1.807) is 0 Å². The molecule has 0 aliphatic rings. The molecule has 2 atom stereocenters. The lowest BCUT2D eigenvalue weighted by Gasteiger charge is -2.23. The number of allylic oxidation sites excluding steroid dienone is 10. The predicted molar refractivity (Wildman–Crippen MR) is 161 cm³/mol. The lowest BCUT2D eigenvalue weighted by Crippen LogP contribution is -2.47. The van der Waals surface area contributed by atoms with Crippen LogP contribution in [-0.4, -0.2) is 41.9 Å². The zero-order valence-electron chi connectivity index (χ0n) is 23.8. The lowest BCUT2D eigenvalue weighted by molar-refractivity contribution is -0.122. The number of amides is 1. The van der Waals surface area contributed by atoms with Gasteiger partial charge in [0.2, 0.25) is 5.91 Å². The average molecular weight is 552 g/mol. The highest BCUT2D eigenvalue weighted by atomic mass is 32.2. The molecule has 0 aliphatic carbocycles. The molecule has 218 valence electrons. The third-order valence-corrected chi connectivity index (χ3v) is 6.77. The molecule has 0 aromatic carbocycles. The van der Waals surface area contributed by atoms with Crippen molar-refractivity contribution in [3.05, 3.63) is 60.8 Å². The first-order valence-corrected chi connectivity index (χ1v) is 16.1. The van der Waals surface area contributed by atoms with Crippen LogP contribution in [0.2, 0.25) is 0 Å². The van der Waals surface area contributed by atoms with Crippen molar-refractivity contribution in [2.45, 2.75) is 122 Å². The second kappa shape index (κ2) is 25.3. The third-order valence-electron chi connectivity index (χ3n) is 5.99. The van der Waals surface area contributed by atoms with Crippen LogP contribution in [0, 0.1) is 0 Å². The maximum Gasteiger partial charge on any atom is 0.266 e. The Morgan fingerprint density at radius 1 is 0.737 bits per heavy atom. The smallest absolute Gasteiger partial charge is 0.266 e. The molecular weight excluding hydrogens is 498 g/mol. The molecule has 0 aliphatic heterocycles. The van der Waals surface area contributed by atoms with Crippen LogP contribution >= 0.6 is 0 Å². The van der Waals surface area contributed by atoms with E-state index in [1.165, 1.54) is 6.42 Å². The van der Waals surface area contributed by atoms with Crippen LogP contribution in [0.5, 0.6) is 0 Å². The first-order chi connectivity index (χ1) is 18.3. The standard InChI is InChI=1S/C31H53NO5S/c1-3-5-7-9-11-12-13-14-15-16-17-18-19-20-21-23-25-27-31(34)32-29(28-38(35,36)37)30(33)26-24-22-10-8-6-4-2/h5,7,11-12,14-15,17-18,20-21,29-30,33H,3-4,6,8-10,13,16,19,22-28H2,1-2H3,(H,32,34)(H,35,36,37)/b7-5-,12-11-,15-14-,18-17-,21-20-. The quantitative estimate of drug-likeness (QED) is 0.0659. The second-order valence-corrected chi connectivity index (χ2v) is 11.1.